The molecule has 3 heterocycles. The zero-order valence-corrected chi connectivity index (χ0v) is 16.4. The number of rotatable bonds is 4. The highest BCUT2D eigenvalue weighted by atomic mass is 32.2. The van der Waals surface area contributed by atoms with Gasteiger partial charge < -0.3 is 5.32 Å². The molecule has 0 spiro atoms. The van der Waals surface area contributed by atoms with Crippen molar-refractivity contribution in [1.29, 1.82) is 0 Å². The van der Waals surface area contributed by atoms with Crippen LogP contribution in [0.15, 0.2) is 30.6 Å². The summed E-state index contributed by atoms with van der Waals surface area (Å²) in [5, 5.41) is 4.61. The standard InChI is InChI=1S/C19H20N4O2S2/c24-27(25)9-3-8-23(27)14-5-1-4-13(10-14)11-20-18-17-15-6-2-7-16(15)26-19(17)22-12-21-18/h1,4-5,10,12H,2-3,6-9,11H2,(H,20,21,22). The normalized spacial score (nSPS) is 18.1. The first-order valence-corrected chi connectivity index (χ1v) is 11.6. The number of aromatic nitrogens is 2. The van der Waals surface area contributed by atoms with Gasteiger partial charge in [0.1, 0.15) is 17.0 Å². The quantitative estimate of drug-likeness (QED) is 0.727. The van der Waals surface area contributed by atoms with Gasteiger partial charge in [-0.15, -0.1) is 11.3 Å². The summed E-state index contributed by atoms with van der Waals surface area (Å²) >= 11 is 1.78. The Morgan fingerprint density at radius 2 is 2.11 bits per heavy atom. The van der Waals surface area contributed by atoms with Crippen molar-refractivity contribution in [1.82, 2.24) is 9.97 Å². The van der Waals surface area contributed by atoms with E-state index in [2.05, 4.69) is 15.3 Å². The molecule has 8 heteroatoms. The van der Waals surface area contributed by atoms with Gasteiger partial charge in [0, 0.05) is 18.0 Å². The van der Waals surface area contributed by atoms with Crippen LogP contribution in [0.25, 0.3) is 10.2 Å². The molecule has 1 aliphatic carbocycles. The third-order valence-electron chi connectivity index (χ3n) is 5.26. The molecule has 1 N–H and O–H groups in total. The average molecular weight is 401 g/mol. The van der Waals surface area contributed by atoms with E-state index >= 15 is 0 Å². The second-order valence-corrected chi connectivity index (χ2v) is 10.1. The molecule has 1 fully saturated rings. The fourth-order valence-corrected chi connectivity index (χ4v) is 6.78. The molecular formula is C19H20N4O2S2. The van der Waals surface area contributed by atoms with Gasteiger partial charge in [0.2, 0.25) is 10.0 Å². The van der Waals surface area contributed by atoms with Crippen molar-refractivity contribution in [2.75, 3.05) is 21.9 Å². The van der Waals surface area contributed by atoms with Gasteiger partial charge in [-0.3, -0.25) is 4.31 Å². The number of anilines is 2. The van der Waals surface area contributed by atoms with Crippen molar-refractivity contribution in [2.45, 2.75) is 32.2 Å². The number of hydrogen-bond donors (Lipinski definition) is 1. The molecule has 1 aromatic carbocycles. The maximum absolute atomic E-state index is 12.2. The van der Waals surface area contributed by atoms with Crippen LogP contribution in [-0.2, 0) is 29.4 Å². The maximum atomic E-state index is 12.2. The maximum Gasteiger partial charge on any atom is 0.235 e. The third kappa shape index (κ3) is 2.96. The van der Waals surface area contributed by atoms with Gasteiger partial charge >= 0.3 is 0 Å². The largest absolute Gasteiger partial charge is 0.365 e. The Morgan fingerprint density at radius 3 is 2.96 bits per heavy atom. The van der Waals surface area contributed by atoms with Crippen LogP contribution in [0.4, 0.5) is 11.5 Å². The van der Waals surface area contributed by atoms with E-state index in [0.717, 1.165) is 40.1 Å². The Hall–Kier alpha value is -2.19. The molecule has 27 heavy (non-hydrogen) atoms. The van der Waals surface area contributed by atoms with Crippen molar-refractivity contribution in [3.63, 3.8) is 0 Å². The highest BCUT2D eigenvalue weighted by Gasteiger charge is 2.28. The van der Waals surface area contributed by atoms with Crippen LogP contribution >= 0.6 is 11.3 Å². The Labute approximate surface area is 162 Å². The van der Waals surface area contributed by atoms with Crippen molar-refractivity contribution >= 4 is 43.1 Å². The first kappa shape index (κ1) is 16.9. The fourth-order valence-electron chi connectivity index (χ4n) is 4.00. The van der Waals surface area contributed by atoms with Gasteiger partial charge in [-0.25, -0.2) is 18.4 Å². The number of nitrogens with zero attached hydrogens (tertiary/aromatic N) is 3. The lowest BCUT2D eigenvalue weighted by atomic mass is 10.1. The summed E-state index contributed by atoms with van der Waals surface area (Å²) < 4.78 is 25.9. The minimum Gasteiger partial charge on any atom is -0.365 e. The Bertz CT molecular complexity index is 1120. The van der Waals surface area contributed by atoms with Crippen LogP contribution in [0.5, 0.6) is 0 Å². The molecule has 5 rings (SSSR count). The lowest BCUT2D eigenvalue weighted by Gasteiger charge is -2.18. The number of benzene rings is 1. The van der Waals surface area contributed by atoms with Gasteiger partial charge in [-0.2, -0.15) is 0 Å². The molecule has 0 bridgehead atoms. The average Bonchev–Trinajstić information content (AvgIpc) is 3.33. The number of aryl methyl sites for hydroxylation is 2. The molecule has 1 aliphatic heterocycles. The second kappa shape index (κ2) is 6.45. The molecule has 0 amide bonds. The first-order valence-electron chi connectivity index (χ1n) is 9.20. The van der Waals surface area contributed by atoms with E-state index in [-0.39, 0.29) is 5.75 Å². The highest BCUT2D eigenvalue weighted by Crippen LogP contribution is 2.39. The summed E-state index contributed by atoms with van der Waals surface area (Å²) in [6.45, 7) is 1.16. The number of fused-ring (bicyclic) bond motifs is 3. The van der Waals surface area contributed by atoms with Gasteiger partial charge in [0.15, 0.2) is 0 Å². The van der Waals surface area contributed by atoms with Gasteiger partial charge in [-0.05, 0) is 48.9 Å². The number of thiophene rings is 1. The van der Waals surface area contributed by atoms with E-state index in [1.807, 2.05) is 24.3 Å². The summed E-state index contributed by atoms with van der Waals surface area (Å²) in [4.78, 5) is 11.4. The Kier molecular flexibility index (Phi) is 4.05. The molecule has 0 radical (unpaired) electrons. The highest BCUT2D eigenvalue weighted by molar-refractivity contribution is 7.93. The molecule has 0 saturated carbocycles. The third-order valence-corrected chi connectivity index (χ3v) is 8.33. The Balaban J connectivity index is 1.41. The summed E-state index contributed by atoms with van der Waals surface area (Å²) in [7, 11) is -3.16. The molecule has 0 unspecified atom stereocenters. The zero-order valence-electron chi connectivity index (χ0n) is 14.8. The predicted octanol–water partition coefficient (Wildman–Crippen LogP) is 3.33. The van der Waals surface area contributed by atoms with Crippen LogP contribution in [0, 0.1) is 0 Å². The number of sulfonamides is 1. The molecule has 3 aromatic rings. The smallest absolute Gasteiger partial charge is 0.235 e. The Morgan fingerprint density at radius 1 is 1.19 bits per heavy atom. The second-order valence-electron chi connectivity index (χ2n) is 7.02. The lowest BCUT2D eigenvalue weighted by molar-refractivity contribution is 0.599. The summed E-state index contributed by atoms with van der Waals surface area (Å²) in [6, 6.07) is 7.74. The van der Waals surface area contributed by atoms with E-state index in [1.165, 1.54) is 21.2 Å². The molecular weight excluding hydrogens is 380 g/mol. The molecule has 6 nitrogen and oxygen atoms in total. The van der Waals surface area contributed by atoms with Crippen LogP contribution in [-0.4, -0.2) is 30.7 Å². The van der Waals surface area contributed by atoms with Crippen molar-refractivity contribution in [3.8, 4) is 0 Å². The fraction of sp³-hybridized carbons (Fsp3) is 0.368. The molecule has 1 saturated heterocycles. The molecule has 2 aromatic heterocycles. The van der Waals surface area contributed by atoms with Crippen LogP contribution in [0.2, 0.25) is 0 Å². The summed E-state index contributed by atoms with van der Waals surface area (Å²) in [5.74, 6) is 1.11. The SMILES string of the molecule is O=S1(=O)CCCN1c1cccc(CNc2ncnc3sc4c(c23)CCC4)c1. The van der Waals surface area contributed by atoms with Crippen LogP contribution in [0.3, 0.4) is 0 Å². The van der Waals surface area contributed by atoms with Crippen molar-refractivity contribution < 1.29 is 8.42 Å². The minimum absolute atomic E-state index is 0.234. The van der Waals surface area contributed by atoms with E-state index in [0.29, 0.717) is 19.5 Å². The van der Waals surface area contributed by atoms with Gasteiger partial charge in [0.25, 0.3) is 0 Å². The van der Waals surface area contributed by atoms with Gasteiger partial charge in [0.05, 0.1) is 16.8 Å². The molecule has 0 atom stereocenters. The minimum atomic E-state index is -3.16. The molecule has 140 valence electrons. The topological polar surface area (TPSA) is 75.2 Å². The summed E-state index contributed by atoms with van der Waals surface area (Å²) in [6.07, 6.45) is 5.75. The molecule has 2 aliphatic rings. The number of hydrogen-bond acceptors (Lipinski definition) is 6. The van der Waals surface area contributed by atoms with Crippen LogP contribution < -0.4 is 9.62 Å². The number of nitrogens with one attached hydrogen (secondary N) is 1. The van der Waals surface area contributed by atoms with E-state index in [1.54, 1.807) is 17.7 Å². The summed E-state index contributed by atoms with van der Waals surface area (Å²) in [5.41, 5.74) is 3.18. The van der Waals surface area contributed by atoms with Crippen molar-refractivity contribution in [3.05, 3.63) is 46.6 Å². The zero-order chi connectivity index (χ0) is 18.4. The lowest BCUT2D eigenvalue weighted by Crippen LogP contribution is -2.25. The van der Waals surface area contributed by atoms with Crippen LogP contribution in [0.1, 0.15) is 28.8 Å². The van der Waals surface area contributed by atoms with E-state index in [4.69, 9.17) is 0 Å². The van der Waals surface area contributed by atoms with E-state index < -0.39 is 10.0 Å². The predicted molar refractivity (Wildman–Crippen MR) is 109 cm³/mol. The van der Waals surface area contributed by atoms with Gasteiger partial charge in [-0.1, -0.05) is 12.1 Å². The monoisotopic (exact) mass is 400 g/mol. The van der Waals surface area contributed by atoms with Crippen molar-refractivity contribution in [2.24, 2.45) is 0 Å². The van der Waals surface area contributed by atoms with E-state index in [9.17, 15) is 8.42 Å². The first-order chi connectivity index (χ1) is 13.1.